The maximum atomic E-state index is 6.25. The second-order valence-corrected chi connectivity index (χ2v) is 5.47. The first kappa shape index (κ1) is 13.3. The number of benzene rings is 1. The molecule has 98 valence electrons. The van der Waals surface area contributed by atoms with Crippen molar-refractivity contribution in [2.45, 2.75) is 19.3 Å². The summed E-state index contributed by atoms with van der Waals surface area (Å²) in [5, 5.41) is 4.34. The lowest BCUT2D eigenvalue weighted by molar-refractivity contribution is 0.504. The van der Waals surface area contributed by atoms with E-state index in [2.05, 4.69) is 28.4 Å². The molecule has 1 aromatic rings. The average molecular weight is 265 g/mol. The third-order valence-corrected chi connectivity index (χ3v) is 3.70. The lowest BCUT2D eigenvalue weighted by Gasteiger charge is -2.23. The Morgan fingerprint density at radius 3 is 2.83 bits per heavy atom. The Hall–Kier alpha value is -1.15. The quantitative estimate of drug-likeness (QED) is 0.821. The molecular formula is C15H21ClN2. The van der Waals surface area contributed by atoms with E-state index in [1.807, 2.05) is 26.2 Å². The van der Waals surface area contributed by atoms with Crippen LogP contribution in [0.1, 0.15) is 19.3 Å². The molecule has 0 heterocycles. The predicted molar refractivity (Wildman–Crippen MR) is 80.7 cm³/mol. The highest BCUT2D eigenvalue weighted by Crippen LogP contribution is 2.33. The number of para-hydroxylation sites is 1. The molecule has 0 aromatic heterocycles. The fourth-order valence-corrected chi connectivity index (χ4v) is 2.75. The van der Waals surface area contributed by atoms with Gasteiger partial charge in [-0.3, -0.25) is 0 Å². The van der Waals surface area contributed by atoms with E-state index in [1.54, 1.807) is 0 Å². The van der Waals surface area contributed by atoms with E-state index < -0.39 is 0 Å². The molecular weight excluding hydrogens is 244 g/mol. The van der Waals surface area contributed by atoms with Crippen LogP contribution >= 0.6 is 11.6 Å². The number of hydrogen-bond acceptors (Lipinski definition) is 2. The number of nitrogens with zero attached hydrogens (tertiary/aromatic N) is 1. The fourth-order valence-electron chi connectivity index (χ4n) is 2.41. The smallest absolute Gasteiger partial charge is 0.0786 e. The maximum Gasteiger partial charge on any atom is 0.0786 e. The Bertz CT molecular complexity index is 427. The molecule has 0 saturated heterocycles. The summed E-state index contributed by atoms with van der Waals surface area (Å²) in [6.07, 6.45) is 8.25. The van der Waals surface area contributed by atoms with E-state index >= 15 is 0 Å². The summed E-state index contributed by atoms with van der Waals surface area (Å²) in [6, 6.07) is 6.03. The highest BCUT2D eigenvalue weighted by Gasteiger charge is 2.12. The van der Waals surface area contributed by atoms with Crippen molar-refractivity contribution in [3.63, 3.8) is 0 Å². The molecule has 0 bridgehead atoms. The zero-order valence-electron chi connectivity index (χ0n) is 11.1. The van der Waals surface area contributed by atoms with Crippen LogP contribution < -0.4 is 10.2 Å². The summed E-state index contributed by atoms with van der Waals surface area (Å²) < 4.78 is 0. The summed E-state index contributed by atoms with van der Waals surface area (Å²) in [5.41, 5.74) is 2.20. The van der Waals surface area contributed by atoms with Crippen molar-refractivity contribution in [3.8, 4) is 0 Å². The number of allylic oxidation sites excluding steroid dienone is 2. The Morgan fingerprint density at radius 1 is 1.33 bits per heavy atom. The first-order valence-corrected chi connectivity index (χ1v) is 6.91. The summed E-state index contributed by atoms with van der Waals surface area (Å²) in [6.45, 7) is 1.02. The van der Waals surface area contributed by atoms with Gasteiger partial charge in [0, 0.05) is 20.6 Å². The third kappa shape index (κ3) is 3.20. The van der Waals surface area contributed by atoms with Crippen LogP contribution in [-0.4, -0.2) is 20.6 Å². The Balaban J connectivity index is 2.04. The number of hydrogen-bond donors (Lipinski definition) is 1. The van der Waals surface area contributed by atoms with Crippen molar-refractivity contribution in [2.75, 3.05) is 30.9 Å². The second-order valence-electron chi connectivity index (χ2n) is 5.06. The summed E-state index contributed by atoms with van der Waals surface area (Å²) >= 11 is 6.25. The highest BCUT2D eigenvalue weighted by atomic mass is 35.5. The van der Waals surface area contributed by atoms with Gasteiger partial charge in [0.2, 0.25) is 0 Å². The summed E-state index contributed by atoms with van der Waals surface area (Å²) in [7, 11) is 4.05. The largest absolute Gasteiger partial charge is 0.383 e. The van der Waals surface area contributed by atoms with Gasteiger partial charge in [0.1, 0.15) is 0 Å². The van der Waals surface area contributed by atoms with Crippen molar-refractivity contribution in [1.82, 2.24) is 0 Å². The minimum Gasteiger partial charge on any atom is -0.383 e. The molecule has 1 aliphatic rings. The Kier molecular flexibility index (Phi) is 4.54. The highest BCUT2D eigenvalue weighted by molar-refractivity contribution is 6.34. The fraction of sp³-hybridized carbons (Fsp3) is 0.467. The minimum atomic E-state index is 0.740. The maximum absolute atomic E-state index is 6.25. The van der Waals surface area contributed by atoms with Crippen LogP contribution in [0.15, 0.2) is 30.4 Å². The Labute approximate surface area is 115 Å². The van der Waals surface area contributed by atoms with E-state index in [4.69, 9.17) is 11.6 Å². The van der Waals surface area contributed by atoms with Crippen LogP contribution in [0, 0.1) is 5.92 Å². The van der Waals surface area contributed by atoms with Crippen molar-refractivity contribution in [2.24, 2.45) is 5.92 Å². The summed E-state index contributed by atoms with van der Waals surface area (Å²) in [5.74, 6) is 0.740. The predicted octanol–water partition coefficient (Wildman–Crippen LogP) is 4.17. The number of nitrogens with one attached hydrogen (secondary N) is 1. The Morgan fingerprint density at radius 2 is 2.17 bits per heavy atom. The van der Waals surface area contributed by atoms with Gasteiger partial charge in [-0.15, -0.1) is 0 Å². The van der Waals surface area contributed by atoms with Crippen LogP contribution in [0.2, 0.25) is 5.02 Å². The molecule has 2 rings (SSSR count). The topological polar surface area (TPSA) is 15.3 Å². The van der Waals surface area contributed by atoms with Gasteiger partial charge in [0.05, 0.1) is 16.4 Å². The first-order valence-electron chi connectivity index (χ1n) is 6.53. The molecule has 0 saturated carbocycles. The average Bonchev–Trinajstić information content (AvgIpc) is 2.37. The molecule has 0 radical (unpaired) electrons. The van der Waals surface area contributed by atoms with Crippen LogP contribution in [-0.2, 0) is 0 Å². The minimum absolute atomic E-state index is 0.740. The van der Waals surface area contributed by atoms with E-state index in [0.717, 1.165) is 28.9 Å². The lowest BCUT2D eigenvalue weighted by Crippen LogP contribution is -2.18. The van der Waals surface area contributed by atoms with Crippen LogP contribution in [0.5, 0.6) is 0 Å². The monoisotopic (exact) mass is 264 g/mol. The van der Waals surface area contributed by atoms with Gasteiger partial charge in [-0.1, -0.05) is 29.8 Å². The molecule has 1 atom stereocenters. The number of rotatable bonds is 4. The van der Waals surface area contributed by atoms with E-state index in [9.17, 15) is 0 Å². The molecule has 3 heteroatoms. The molecule has 0 spiro atoms. The van der Waals surface area contributed by atoms with Gasteiger partial charge < -0.3 is 10.2 Å². The molecule has 0 aliphatic heterocycles. The van der Waals surface area contributed by atoms with Gasteiger partial charge in [0.15, 0.2) is 0 Å². The number of halogens is 1. The van der Waals surface area contributed by atoms with Gasteiger partial charge in [-0.05, 0) is 37.3 Å². The third-order valence-electron chi connectivity index (χ3n) is 3.39. The summed E-state index contributed by atoms with van der Waals surface area (Å²) in [4.78, 5) is 2.06. The van der Waals surface area contributed by atoms with Crippen LogP contribution in [0.4, 0.5) is 11.4 Å². The van der Waals surface area contributed by atoms with Gasteiger partial charge >= 0.3 is 0 Å². The number of anilines is 2. The normalized spacial score (nSPS) is 18.7. The molecule has 1 aliphatic carbocycles. The molecule has 2 nitrogen and oxygen atoms in total. The van der Waals surface area contributed by atoms with E-state index in [-0.39, 0.29) is 0 Å². The van der Waals surface area contributed by atoms with E-state index in [1.165, 1.54) is 19.3 Å². The van der Waals surface area contributed by atoms with Gasteiger partial charge in [-0.25, -0.2) is 0 Å². The molecule has 1 N–H and O–H groups in total. The molecule has 1 unspecified atom stereocenters. The molecule has 1 aromatic carbocycles. The van der Waals surface area contributed by atoms with E-state index in [0.29, 0.717) is 0 Å². The molecule has 0 fully saturated rings. The zero-order chi connectivity index (χ0) is 13.0. The van der Waals surface area contributed by atoms with Crippen molar-refractivity contribution in [1.29, 1.82) is 0 Å². The van der Waals surface area contributed by atoms with Gasteiger partial charge in [-0.2, -0.15) is 0 Å². The lowest BCUT2D eigenvalue weighted by atomic mass is 9.94. The van der Waals surface area contributed by atoms with Gasteiger partial charge in [0.25, 0.3) is 0 Å². The van der Waals surface area contributed by atoms with Crippen LogP contribution in [0.25, 0.3) is 0 Å². The second kappa shape index (κ2) is 6.14. The SMILES string of the molecule is CN(C)c1c(Cl)cccc1NCC1CC=CCC1. The van der Waals surface area contributed by atoms with Crippen molar-refractivity contribution < 1.29 is 0 Å². The van der Waals surface area contributed by atoms with Crippen LogP contribution in [0.3, 0.4) is 0 Å². The zero-order valence-corrected chi connectivity index (χ0v) is 11.9. The first-order chi connectivity index (χ1) is 8.68. The van der Waals surface area contributed by atoms with Crippen molar-refractivity contribution in [3.05, 3.63) is 35.4 Å². The van der Waals surface area contributed by atoms with Crippen molar-refractivity contribution >= 4 is 23.0 Å². The standard InChI is InChI=1S/C15H21ClN2/c1-18(2)15-13(16)9-6-10-14(15)17-11-12-7-4-3-5-8-12/h3-4,6,9-10,12,17H,5,7-8,11H2,1-2H3. The molecule has 18 heavy (non-hydrogen) atoms. The molecule has 0 amide bonds.